The van der Waals surface area contributed by atoms with Gasteiger partial charge in [0.2, 0.25) is 0 Å². The molecule has 0 aliphatic carbocycles. The lowest BCUT2D eigenvalue weighted by atomic mass is 9.88. The number of para-hydroxylation sites is 3. The molecule has 58 heavy (non-hydrogen) atoms. The molecule has 1 aliphatic rings. The van der Waals surface area contributed by atoms with Gasteiger partial charge in [0.15, 0.2) is 17.5 Å². The zero-order chi connectivity index (χ0) is 38.2. The molecule has 0 saturated heterocycles. The molecule has 1 aliphatic heterocycles. The molecule has 0 atom stereocenters. The summed E-state index contributed by atoms with van der Waals surface area (Å²) in [4.78, 5) is 17.9. The monoisotopic (exact) mass is 739 g/mol. The fraction of sp³-hybridized carbons (Fsp3) is 0. The second-order valence-corrected chi connectivity index (χ2v) is 14.8. The molecule has 0 bridgehead atoms. The Kier molecular flexibility index (Phi) is 7.16. The average Bonchev–Trinajstić information content (AvgIpc) is 3.64. The van der Waals surface area contributed by atoms with Gasteiger partial charge in [0, 0.05) is 49.8 Å². The third kappa shape index (κ3) is 5.00. The second-order valence-electron chi connectivity index (χ2n) is 14.8. The molecular weight excluding hydrogens is 707 g/mol. The minimum absolute atomic E-state index is 0.636. The minimum atomic E-state index is 0.636. The highest BCUT2D eigenvalue weighted by Crippen LogP contribution is 2.53. The molecule has 3 heterocycles. The average molecular weight is 740 g/mol. The number of benzene rings is 9. The molecule has 0 fully saturated rings. The molecule has 0 saturated carbocycles. The highest BCUT2D eigenvalue weighted by molar-refractivity contribution is 6.17. The van der Waals surface area contributed by atoms with Crippen molar-refractivity contribution in [1.29, 1.82) is 0 Å². The van der Waals surface area contributed by atoms with E-state index in [4.69, 9.17) is 15.0 Å². The van der Waals surface area contributed by atoms with Crippen LogP contribution in [0, 0.1) is 0 Å². The number of anilines is 3. The smallest absolute Gasteiger partial charge is 0.164 e. The Morgan fingerprint density at radius 2 is 0.948 bits per heavy atom. The number of nitrogens with zero attached hydrogens (tertiary/aromatic N) is 5. The van der Waals surface area contributed by atoms with Crippen molar-refractivity contribution in [3.63, 3.8) is 0 Å². The van der Waals surface area contributed by atoms with Crippen LogP contribution in [0.1, 0.15) is 0 Å². The van der Waals surface area contributed by atoms with E-state index in [-0.39, 0.29) is 0 Å². The summed E-state index contributed by atoms with van der Waals surface area (Å²) >= 11 is 0. The number of rotatable bonds is 5. The van der Waals surface area contributed by atoms with Crippen molar-refractivity contribution in [1.82, 2.24) is 19.5 Å². The van der Waals surface area contributed by atoms with Crippen molar-refractivity contribution >= 4 is 60.4 Å². The maximum Gasteiger partial charge on any atom is 0.164 e. The van der Waals surface area contributed by atoms with Crippen molar-refractivity contribution in [2.45, 2.75) is 0 Å². The van der Waals surface area contributed by atoms with Crippen LogP contribution in [-0.2, 0) is 0 Å². The molecule has 12 rings (SSSR count). The van der Waals surface area contributed by atoms with Gasteiger partial charge >= 0.3 is 0 Å². The van der Waals surface area contributed by atoms with Gasteiger partial charge in [-0.25, -0.2) is 15.0 Å². The van der Waals surface area contributed by atoms with Crippen LogP contribution in [0.15, 0.2) is 200 Å². The summed E-state index contributed by atoms with van der Waals surface area (Å²) in [6, 6.07) is 71.0. The number of hydrogen-bond acceptors (Lipinski definition) is 4. The highest BCUT2D eigenvalue weighted by atomic mass is 15.2. The zero-order valence-corrected chi connectivity index (χ0v) is 31.3. The lowest BCUT2D eigenvalue weighted by Crippen LogP contribution is -2.15. The summed E-state index contributed by atoms with van der Waals surface area (Å²) in [5.41, 5.74) is 12.0. The summed E-state index contributed by atoms with van der Waals surface area (Å²) in [5.74, 6) is 1.92. The molecule has 0 radical (unpaired) electrons. The van der Waals surface area contributed by atoms with Crippen LogP contribution in [0.25, 0.3) is 94.3 Å². The number of fused-ring (bicyclic) bond motifs is 6. The van der Waals surface area contributed by atoms with Crippen LogP contribution < -0.4 is 4.90 Å². The van der Waals surface area contributed by atoms with Crippen LogP contribution in [0.5, 0.6) is 0 Å². The fourth-order valence-corrected chi connectivity index (χ4v) is 8.92. The van der Waals surface area contributed by atoms with Crippen molar-refractivity contribution < 1.29 is 0 Å². The van der Waals surface area contributed by atoms with E-state index in [1.165, 1.54) is 32.8 Å². The maximum absolute atomic E-state index is 5.25. The van der Waals surface area contributed by atoms with Crippen molar-refractivity contribution in [2.75, 3.05) is 4.90 Å². The van der Waals surface area contributed by atoms with E-state index in [1.54, 1.807) is 0 Å². The van der Waals surface area contributed by atoms with Crippen LogP contribution in [0.3, 0.4) is 0 Å². The molecule has 5 nitrogen and oxygen atoms in total. The predicted molar refractivity (Wildman–Crippen MR) is 239 cm³/mol. The van der Waals surface area contributed by atoms with Gasteiger partial charge in [-0.15, -0.1) is 0 Å². The Hall–Kier alpha value is -7.89. The number of aromatic nitrogens is 4. The molecule has 5 heteroatoms. The van der Waals surface area contributed by atoms with E-state index < -0.39 is 0 Å². The first kappa shape index (κ1) is 32.4. The third-order valence-corrected chi connectivity index (χ3v) is 11.5. The van der Waals surface area contributed by atoms with Gasteiger partial charge in [0.25, 0.3) is 0 Å². The largest absolute Gasteiger partial charge is 0.309 e. The minimum Gasteiger partial charge on any atom is -0.309 e. The lowest BCUT2D eigenvalue weighted by molar-refractivity contribution is 1.08. The summed E-state index contributed by atoms with van der Waals surface area (Å²) in [6.07, 6.45) is 0. The van der Waals surface area contributed by atoms with Gasteiger partial charge in [-0.3, -0.25) is 0 Å². The highest BCUT2D eigenvalue weighted by Gasteiger charge is 2.28. The van der Waals surface area contributed by atoms with Gasteiger partial charge in [-0.1, -0.05) is 140 Å². The van der Waals surface area contributed by atoms with E-state index in [0.717, 1.165) is 61.2 Å². The van der Waals surface area contributed by atoms with Crippen molar-refractivity contribution in [3.05, 3.63) is 200 Å². The Balaban J connectivity index is 1.11. The van der Waals surface area contributed by atoms with Crippen LogP contribution in [0.2, 0.25) is 0 Å². The molecular formula is C53H33N5. The Labute approximate surface area is 334 Å². The standard InChI is InChI=1S/C53H33N5/c1-3-15-35(16-4-1)51-54-52(37-27-26-34-14-7-8-17-36(34)32-37)56-53(55-51)44-29-31-49-50-42(44)22-13-23-43(50)45-33-39(28-30-48(45)57(49)38-18-5-2-6-19-38)58-46-24-11-9-20-40(46)41-21-10-12-25-47(41)58/h1-33H. The first-order valence-corrected chi connectivity index (χ1v) is 19.6. The van der Waals surface area contributed by atoms with Gasteiger partial charge < -0.3 is 9.47 Å². The van der Waals surface area contributed by atoms with Crippen LogP contribution in [-0.4, -0.2) is 19.5 Å². The Bertz CT molecular complexity index is 3350. The van der Waals surface area contributed by atoms with Gasteiger partial charge in [-0.2, -0.15) is 0 Å². The second kappa shape index (κ2) is 12.8. The SMILES string of the molecule is c1ccc(-c2nc(-c3ccc4ccccc4c3)nc(-c3ccc4c5c(cccc35)-c3cc(-n5c6ccccc6c6ccccc65)ccc3N4c3ccccc3)n2)cc1. The zero-order valence-electron chi connectivity index (χ0n) is 31.3. The molecule has 2 aromatic heterocycles. The Morgan fingerprint density at radius 3 is 1.72 bits per heavy atom. The van der Waals surface area contributed by atoms with E-state index in [2.05, 4.69) is 191 Å². The molecule has 0 unspecified atom stereocenters. The summed E-state index contributed by atoms with van der Waals surface area (Å²) in [7, 11) is 0. The summed E-state index contributed by atoms with van der Waals surface area (Å²) in [5, 5.41) is 7.05. The molecule has 11 aromatic rings. The maximum atomic E-state index is 5.25. The van der Waals surface area contributed by atoms with Crippen molar-refractivity contribution in [3.8, 4) is 51.0 Å². The quantitative estimate of drug-likeness (QED) is 0.176. The molecule has 0 spiro atoms. The first-order valence-electron chi connectivity index (χ1n) is 19.6. The van der Waals surface area contributed by atoms with E-state index in [0.29, 0.717) is 17.5 Å². The van der Waals surface area contributed by atoms with E-state index in [1.807, 2.05) is 18.2 Å². The molecule has 0 N–H and O–H groups in total. The molecule has 0 amide bonds. The van der Waals surface area contributed by atoms with Gasteiger partial charge in [0.1, 0.15) is 0 Å². The third-order valence-electron chi connectivity index (χ3n) is 11.5. The molecule has 270 valence electrons. The topological polar surface area (TPSA) is 46.8 Å². The molecule has 9 aromatic carbocycles. The summed E-state index contributed by atoms with van der Waals surface area (Å²) in [6.45, 7) is 0. The van der Waals surface area contributed by atoms with E-state index in [9.17, 15) is 0 Å². The lowest BCUT2D eigenvalue weighted by Gasteiger charge is -2.34. The van der Waals surface area contributed by atoms with Gasteiger partial charge in [0.05, 0.1) is 22.4 Å². The first-order chi connectivity index (χ1) is 28.8. The fourth-order valence-electron chi connectivity index (χ4n) is 8.92. The normalized spacial score (nSPS) is 12.1. The Morgan fingerprint density at radius 1 is 0.328 bits per heavy atom. The number of hydrogen-bond donors (Lipinski definition) is 0. The van der Waals surface area contributed by atoms with E-state index >= 15 is 0 Å². The summed E-state index contributed by atoms with van der Waals surface area (Å²) < 4.78 is 2.40. The van der Waals surface area contributed by atoms with Gasteiger partial charge in [-0.05, 0) is 82.4 Å². The predicted octanol–water partition coefficient (Wildman–Crippen LogP) is 13.7. The van der Waals surface area contributed by atoms with Crippen LogP contribution >= 0.6 is 0 Å². The van der Waals surface area contributed by atoms with Crippen molar-refractivity contribution in [2.24, 2.45) is 0 Å². The van der Waals surface area contributed by atoms with Crippen LogP contribution in [0.4, 0.5) is 17.1 Å².